The third kappa shape index (κ3) is 4.29. The Morgan fingerprint density at radius 3 is 2.48 bits per heavy atom. The Kier molecular flexibility index (Phi) is 4.90. The number of aromatic nitrogens is 1. The maximum Gasteiger partial charge on any atom is 0.251 e. The second-order valence-corrected chi connectivity index (χ2v) is 4.87. The topological polar surface area (TPSA) is 85.1 Å². The summed E-state index contributed by atoms with van der Waals surface area (Å²) in [7, 11) is 0. The fourth-order valence-electron chi connectivity index (χ4n) is 1.82. The van der Waals surface area contributed by atoms with Crippen molar-refractivity contribution in [3.05, 3.63) is 64.9 Å². The number of amides is 2. The first kappa shape index (κ1) is 15.0. The number of pyridine rings is 1. The van der Waals surface area contributed by atoms with E-state index in [0.717, 1.165) is 5.56 Å². The summed E-state index contributed by atoms with van der Waals surface area (Å²) in [4.78, 5) is 27.5. The highest BCUT2D eigenvalue weighted by Gasteiger charge is 2.19. The van der Waals surface area contributed by atoms with Crippen molar-refractivity contribution in [1.29, 1.82) is 0 Å². The molecule has 0 aliphatic carbocycles. The first-order valence-electron chi connectivity index (χ1n) is 6.32. The highest BCUT2D eigenvalue weighted by atomic mass is 35.5. The Balaban J connectivity index is 2.07. The van der Waals surface area contributed by atoms with Crippen molar-refractivity contribution in [2.45, 2.75) is 12.5 Å². The third-order valence-corrected chi connectivity index (χ3v) is 3.14. The largest absolute Gasteiger partial charge is 0.368 e. The van der Waals surface area contributed by atoms with Gasteiger partial charge in [-0.3, -0.25) is 9.59 Å². The number of carbonyl (C=O) groups excluding carboxylic acids is 2. The molecule has 0 radical (unpaired) electrons. The van der Waals surface area contributed by atoms with Gasteiger partial charge in [-0.15, -0.1) is 0 Å². The molecule has 3 N–H and O–H groups in total. The van der Waals surface area contributed by atoms with Crippen molar-refractivity contribution in [2.75, 3.05) is 0 Å². The standard InChI is InChI=1S/C15H14ClN3O2/c16-13-7-6-10(9-18-13)8-12(14(17)20)19-15(21)11-4-2-1-3-5-11/h1-7,9,12H,8H2,(H2,17,20)(H,19,21)/t12-/m1/s1. The van der Waals surface area contributed by atoms with E-state index in [1.807, 2.05) is 6.07 Å². The van der Waals surface area contributed by atoms with Crippen LogP contribution in [0.15, 0.2) is 48.7 Å². The molecule has 2 aromatic rings. The lowest BCUT2D eigenvalue weighted by atomic mass is 10.1. The number of hydrogen-bond acceptors (Lipinski definition) is 3. The van der Waals surface area contributed by atoms with Crippen LogP contribution in [0.3, 0.4) is 0 Å². The summed E-state index contributed by atoms with van der Waals surface area (Å²) in [6, 6.07) is 11.2. The molecule has 0 unspecified atom stereocenters. The summed E-state index contributed by atoms with van der Waals surface area (Å²) < 4.78 is 0. The number of benzene rings is 1. The number of carbonyl (C=O) groups is 2. The van der Waals surface area contributed by atoms with E-state index in [9.17, 15) is 9.59 Å². The zero-order valence-electron chi connectivity index (χ0n) is 11.1. The van der Waals surface area contributed by atoms with Crippen LogP contribution in [0.1, 0.15) is 15.9 Å². The van der Waals surface area contributed by atoms with Crippen molar-refractivity contribution >= 4 is 23.4 Å². The fourth-order valence-corrected chi connectivity index (χ4v) is 1.93. The summed E-state index contributed by atoms with van der Waals surface area (Å²) in [5.41, 5.74) is 6.57. The highest BCUT2D eigenvalue weighted by Crippen LogP contribution is 2.08. The predicted octanol–water partition coefficient (Wildman–Crippen LogP) is 1.56. The van der Waals surface area contributed by atoms with Crippen LogP contribution in [0.5, 0.6) is 0 Å². The van der Waals surface area contributed by atoms with Gasteiger partial charge in [-0.25, -0.2) is 4.98 Å². The average Bonchev–Trinajstić information content (AvgIpc) is 2.49. The second-order valence-electron chi connectivity index (χ2n) is 4.49. The van der Waals surface area contributed by atoms with Gasteiger partial charge >= 0.3 is 0 Å². The van der Waals surface area contributed by atoms with E-state index in [0.29, 0.717) is 10.7 Å². The second kappa shape index (κ2) is 6.85. The molecule has 1 heterocycles. The molecular formula is C15H14ClN3O2. The van der Waals surface area contributed by atoms with Gasteiger partial charge in [-0.2, -0.15) is 0 Å². The van der Waals surface area contributed by atoms with Gasteiger partial charge in [0.25, 0.3) is 5.91 Å². The molecule has 0 aliphatic heterocycles. The smallest absolute Gasteiger partial charge is 0.251 e. The molecule has 2 amide bonds. The summed E-state index contributed by atoms with van der Waals surface area (Å²) in [6.07, 6.45) is 1.81. The lowest BCUT2D eigenvalue weighted by molar-refractivity contribution is -0.119. The maximum absolute atomic E-state index is 12.0. The zero-order valence-corrected chi connectivity index (χ0v) is 11.9. The molecule has 2 rings (SSSR count). The third-order valence-electron chi connectivity index (χ3n) is 2.91. The number of nitrogens with zero attached hydrogens (tertiary/aromatic N) is 1. The lowest BCUT2D eigenvalue weighted by Crippen LogP contribution is -2.45. The molecule has 108 valence electrons. The van der Waals surface area contributed by atoms with E-state index in [1.54, 1.807) is 42.6 Å². The molecular weight excluding hydrogens is 290 g/mol. The van der Waals surface area contributed by atoms with Crippen LogP contribution in [-0.2, 0) is 11.2 Å². The summed E-state index contributed by atoms with van der Waals surface area (Å²) >= 11 is 5.70. The van der Waals surface area contributed by atoms with Crippen LogP contribution in [-0.4, -0.2) is 22.8 Å². The number of nitrogens with two attached hydrogens (primary N) is 1. The summed E-state index contributed by atoms with van der Waals surface area (Å²) in [5.74, 6) is -0.949. The molecule has 0 saturated heterocycles. The van der Waals surface area contributed by atoms with E-state index < -0.39 is 11.9 Å². The molecule has 5 nitrogen and oxygen atoms in total. The predicted molar refractivity (Wildman–Crippen MR) is 79.8 cm³/mol. The van der Waals surface area contributed by atoms with Gasteiger partial charge in [0.15, 0.2) is 0 Å². The van der Waals surface area contributed by atoms with Gasteiger partial charge in [0, 0.05) is 18.2 Å². The Bertz CT molecular complexity index is 629. The van der Waals surface area contributed by atoms with Gasteiger partial charge < -0.3 is 11.1 Å². The maximum atomic E-state index is 12.0. The number of nitrogens with one attached hydrogen (secondary N) is 1. The number of hydrogen-bond donors (Lipinski definition) is 2. The Morgan fingerprint density at radius 2 is 1.90 bits per heavy atom. The van der Waals surface area contributed by atoms with Crippen molar-refractivity contribution < 1.29 is 9.59 Å². The first-order chi connectivity index (χ1) is 10.1. The summed E-state index contributed by atoms with van der Waals surface area (Å²) in [6.45, 7) is 0. The zero-order chi connectivity index (χ0) is 15.2. The van der Waals surface area contributed by atoms with Crippen LogP contribution >= 0.6 is 11.6 Å². The minimum absolute atomic E-state index is 0.262. The molecule has 1 aromatic carbocycles. The summed E-state index contributed by atoms with van der Waals surface area (Å²) in [5, 5.41) is 2.99. The van der Waals surface area contributed by atoms with Crippen molar-refractivity contribution in [3.63, 3.8) is 0 Å². The number of halogens is 1. The molecule has 0 fully saturated rings. The highest BCUT2D eigenvalue weighted by molar-refractivity contribution is 6.29. The molecule has 0 saturated carbocycles. The van der Waals surface area contributed by atoms with Crippen molar-refractivity contribution in [1.82, 2.24) is 10.3 Å². The van der Waals surface area contributed by atoms with Crippen LogP contribution in [0, 0.1) is 0 Å². The van der Waals surface area contributed by atoms with Gasteiger partial charge in [0.1, 0.15) is 11.2 Å². The van der Waals surface area contributed by atoms with Crippen LogP contribution in [0.25, 0.3) is 0 Å². The molecule has 0 spiro atoms. The van der Waals surface area contributed by atoms with E-state index in [2.05, 4.69) is 10.3 Å². The van der Waals surface area contributed by atoms with Crippen molar-refractivity contribution in [2.24, 2.45) is 5.73 Å². The Morgan fingerprint density at radius 1 is 1.19 bits per heavy atom. The molecule has 6 heteroatoms. The molecule has 1 aromatic heterocycles. The van der Waals surface area contributed by atoms with Gasteiger partial charge in [0.2, 0.25) is 5.91 Å². The Labute approximate surface area is 127 Å². The molecule has 21 heavy (non-hydrogen) atoms. The SMILES string of the molecule is NC(=O)[C@@H](Cc1ccc(Cl)nc1)NC(=O)c1ccccc1. The van der Waals surface area contributed by atoms with Gasteiger partial charge in [0.05, 0.1) is 0 Å². The minimum Gasteiger partial charge on any atom is -0.368 e. The monoisotopic (exact) mass is 303 g/mol. The van der Waals surface area contributed by atoms with E-state index in [-0.39, 0.29) is 12.3 Å². The van der Waals surface area contributed by atoms with Crippen LogP contribution in [0.4, 0.5) is 0 Å². The first-order valence-corrected chi connectivity index (χ1v) is 6.69. The van der Waals surface area contributed by atoms with Crippen LogP contribution < -0.4 is 11.1 Å². The molecule has 1 atom stereocenters. The Hall–Kier alpha value is -2.40. The number of primary amides is 1. The van der Waals surface area contributed by atoms with Crippen LogP contribution in [0.2, 0.25) is 5.15 Å². The molecule has 0 aliphatic rings. The van der Waals surface area contributed by atoms with Gasteiger partial charge in [-0.05, 0) is 23.8 Å². The van der Waals surface area contributed by atoms with Gasteiger partial charge in [-0.1, -0.05) is 35.9 Å². The van der Waals surface area contributed by atoms with Crippen molar-refractivity contribution in [3.8, 4) is 0 Å². The average molecular weight is 304 g/mol. The number of rotatable bonds is 5. The quantitative estimate of drug-likeness (QED) is 0.822. The molecule has 0 bridgehead atoms. The van der Waals surface area contributed by atoms with E-state index >= 15 is 0 Å². The fraction of sp³-hybridized carbons (Fsp3) is 0.133. The minimum atomic E-state index is -0.805. The lowest BCUT2D eigenvalue weighted by Gasteiger charge is -2.15. The van der Waals surface area contributed by atoms with E-state index in [4.69, 9.17) is 17.3 Å². The normalized spacial score (nSPS) is 11.7. The van der Waals surface area contributed by atoms with E-state index in [1.165, 1.54) is 0 Å².